The number of carbonyl (C=O) groups is 1. The molecule has 2 amide bonds. The first kappa shape index (κ1) is 28.4. The molecule has 1 N–H and O–H groups in total. The van der Waals surface area contributed by atoms with Crippen molar-refractivity contribution in [2.24, 2.45) is 0 Å². The summed E-state index contributed by atoms with van der Waals surface area (Å²) in [4.78, 5) is 16.4. The molecular weight excluding hydrogens is 525 g/mol. The summed E-state index contributed by atoms with van der Waals surface area (Å²) in [7, 11) is -4.23. The second kappa shape index (κ2) is 12.9. The van der Waals surface area contributed by atoms with Gasteiger partial charge in [-0.25, -0.2) is 4.79 Å². The first-order valence-corrected chi connectivity index (χ1v) is 14.3. The van der Waals surface area contributed by atoms with Crippen molar-refractivity contribution in [1.82, 2.24) is 10.2 Å². The summed E-state index contributed by atoms with van der Waals surface area (Å²) < 4.78 is 37.8. The van der Waals surface area contributed by atoms with Gasteiger partial charge in [-0.3, -0.25) is 0 Å². The number of nitrogens with one attached hydrogen (secondary N) is 1. The van der Waals surface area contributed by atoms with Gasteiger partial charge in [0.05, 0.1) is 22.7 Å². The van der Waals surface area contributed by atoms with E-state index in [2.05, 4.69) is 10.2 Å². The van der Waals surface area contributed by atoms with Crippen molar-refractivity contribution < 1.29 is 22.1 Å². The molecule has 1 aliphatic rings. The first-order valence-electron chi connectivity index (χ1n) is 12.1. The molecule has 1 aliphatic heterocycles. The molecule has 0 spiro atoms. The Hall–Kier alpha value is -2.20. The van der Waals surface area contributed by atoms with Crippen LogP contribution >= 0.6 is 23.2 Å². The minimum Gasteiger partial charge on any atom is -0.379 e. The highest BCUT2D eigenvalue weighted by Gasteiger charge is 2.26. The third kappa shape index (κ3) is 7.18. The first-order chi connectivity index (χ1) is 17.2. The molecule has 11 heteroatoms. The second-order valence-corrected chi connectivity index (χ2v) is 10.8. The van der Waals surface area contributed by atoms with E-state index in [1.54, 1.807) is 17.0 Å². The lowest BCUT2D eigenvalue weighted by atomic mass is 10.1. The van der Waals surface area contributed by atoms with Gasteiger partial charge < -0.3 is 24.0 Å². The van der Waals surface area contributed by atoms with Crippen LogP contribution in [0.5, 0.6) is 5.75 Å². The fourth-order valence-corrected chi connectivity index (χ4v) is 5.41. The monoisotopic (exact) mass is 557 g/mol. The Morgan fingerprint density at radius 2 is 1.86 bits per heavy atom. The lowest BCUT2D eigenvalue weighted by molar-refractivity contribution is 0.0794. The van der Waals surface area contributed by atoms with Crippen LogP contribution in [0.25, 0.3) is 0 Å². The minimum atomic E-state index is -4.23. The number of halogens is 2. The zero-order valence-corrected chi connectivity index (χ0v) is 23.1. The fourth-order valence-electron chi connectivity index (χ4n) is 4.06. The maximum atomic E-state index is 13.2. The van der Waals surface area contributed by atoms with Gasteiger partial charge >= 0.3 is 16.1 Å². The Morgan fingerprint density at radius 1 is 1.11 bits per heavy atom. The van der Waals surface area contributed by atoms with Crippen LogP contribution in [0.3, 0.4) is 0 Å². The van der Waals surface area contributed by atoms with Crippen LogP contribution in [0.2, 0.25) is 10.0 Å². The molecule has 1 heterocycles. The Kier molecular flexibility index (Phi) is 10.1. The van der Waals surface area contributed by atoms with Crippen molar-refractivity contribution in [2.45, 2.75) is 51.2 Å². The second-order valence-electron chi connectivity index (χ2n) is 8.43. The Balaban J connectivity index is 1.98. The predicted octanol–water partition coefficient (Wildman–Crippen LogP) is 5.32. The highest BCUT2D eigenvalue weighted by Crippen LogP contribution is 2.32. The molecular formula is C25H33Cl2N3O5S. The van der Waals surface area contributed by atoms with Gasteiger partial charge in [-0.05, 0) is 57.9 Å². The number of hydrogen-bond donors (Lipinski definition) is 1. The molecule has 0 unspecified atom stereocenters. The lowest BCUT2D eigenvalue weighted by Crippen LogP contribution is -2.43. The lowest BCUT2D eigenvalue weighted by Gasteiger charge is -2.27. The number of amides is 2. The molecule has 1 saturated heterocycles. The predicted molar refractivity (Wildman–Crippen MR) is 143 cm³/mol. The van der Waals surface area contributed by atoms with Crippen LogP contribution in [-0.4, -0.2) is 58.2 Å². The van der Waals surface area contributed by atoms with Crippen LogP contribution in [0.15, 0.2) is 41.3 Å². The summed E-state index contributed by atoms with van der Waals surface area (Å²) in [5.41, 5.74) is 1.37. The number of ether oxygens (including phenoxy) is 1. The van der Waals surface area contributed by atoms with Crippen molar-refractivity contribution in [3.8, 4) is 5.75 Å². The molecule has 1 fully saturated rings. The molecule has 2 aromatic rings. The van der Waals surface area contributed by atoms with Gasteiger partial charge in [-0.1, -0.05) is 29.3 Å². The van der Waals surface area contributed by atoms with Crippen molar-refractivity contribution in [2.75, 3.05) is 37.7 Å². The maximum Gasteiger partial charge on any atom is 0.339 e. The molecule has 2 aromatic carbocycles. The standard InChI is InChI=1S/C25H33Cl2N3O5S/c1-4-28-25(31)30(17-20-8-7-13-34-20)16-18-9-10-19(29(5-2)6-3)14-24(18)35-36(32,33)21-11-12-22(26)23(27)15-21/h9-12,14-15,20H,4-8,13,16-17H2,1-3H3,(H,28,31)/t20-/m0/s1. The van der Waals surface area contributed by atoms with E-state index in [0.717, 1.165) is 31.6 Å². The van der Waals surface area contributed by atoms with Crippen molar-refractivity contribution in [3.05, 3.63) is 52.0 Å². The number of rotatable bonds is 11. The average Bonchev–Trinajstić information content (AvgIpc) is 3.35. The molecule has 1 atom stereocenters. The molecule has 0 aliphatic carbocycles. The molecule has 0 aromatic heterocycles. The van der Waals surface area contributed by atoms with Crippen LogP contribution in [0, 0.1) is 0 Å². The van der Waals surface area contributed by atoms with Gasteiger partial charge in [0.1, 0.15) is 10.6 Å². The fraction of sp³-hybridized carbons (Fsp3) is 0.480. The molecule has 3 rings (SSSR count). The quantitative estimate of drug-likeness (QED) is 0.376. The van der Waals surface area contributed by atoms with E-state index < -0.39 is 10.1 Å². The van der Waals surface area contributed by atoms with Crippen molar-refractivity contribution in [3.63, 3.8) is 0 Å². The summed E-state index contributed by atoms with van der Waals surface area (Å²) in [6, 6.07) is 9.16. The number of hydrogen-bond acceptors (Lipinski definition) is 6. The van der Waals surface area contributed by atoms with Crippen LogP contribution < -0.4 is 14.4 Å². The van der Waals surface area contributed by atoms with E-state index in [4.69, 9.17) is 32.1 Å². The van der Waals surface area contributed by atoms with Gasteiger partial charge in [-0.2, -0.15) is 8.42 Å². The number of benzene rings is 2. The topological polar surface area (TPSA) is 88.2 Å². The average molecular weight is 559 g/mol. The van der Waals surface area contributed by atoms with Gasteiger partial charge in [0, 0.05) is 50.1 Å². The van der Waals surface area contributed by atoms with Crippen LogP contribution in [0.4, 0.5) is 10.5 Å². The normalized spacial score (nSPS) is 15.5. The Morgan fingerprint density at radius 3 is 2.47 bits per heavy atom. The van der Waals surface area contributed by atoms with Crippen molar-refractivity contribution >= 4 is 45.0 Å². The smallest absolute Gasteiger partial charge is 0.339 e. The van der Waals surface area contributed by atoms with Crippen LogP contribution in [-0.2, 0) is 21.4 Å². The van der Waals surface area contributed by atoms with Gasteiger partial charge in [0.25, 0.3) is 0 Å². The maximum absolute atomic E-state index is 13.2. The highest BCUT2D eigenvalue weighted by molar-refractivity contribution is 7.87. The third-order valence-corrected chi connectivity index (χ3v) is 7.95. The van der Waals surface area contributed by atoms with E-state index in [-0.39, 0.29) is 39.4 Å². The SMILES string of the molecule is CCNC(=O)N(Cc1ccc(N(CC)CC)cc1OS(=O)(=O)c1ccc(Cl)c(Cl)c1)C[C@@H]1CCCO1. The van der Waals surface area contributed by atoms with E-state index in [9.17, 15) is 13.2 Å². The number of anilines is 1. The largest absolute Gasteiger partial charge is 0.379 e. The summed E-state index contributed by atoms with van der Waals surface area (Å²) in [6.07, 6.45) is 1.75. The summed E-state index contributed by atoms with van der Waals surface area (Å²) >= 11 is 12.0. The summed E-state index contributed by atoms with van der Waals surface area (Å²) in [5, 5.41) is 3.18. The van der Waals surface area contributed by atoms with E-state index in [1.807, 2.05) is 26.8 Å². The number of nitrogens with zero attached hydrogens (tertiary/aromatic N) is 2. The van der Waals surface area contributed by atoms with E-state index in [0.29, 0.717) is 25.3 Å². The molecule has 198 valence electrons. The zero-order valence-electron chi connectivity index (χ0n) is 20.8. The molecule has 0 bridgehead atoms. The van der Waals surface area contributed by atoms with Gasteiger partial charge in [-0.15, -0.1) is 0 Å². The zero-order chi connectivity index (χ0) is 26.3. The summed E-state index contributed by atoms with van der Waals surface area (Å²) in [6.45, 7) is 9.03. The number of carbonyl (C=O) groups excluding carboxylic acids is 1. The minimum absolute atomic E-state index is 0.0631. The molecule has 0 radical (unpaired) electrons. The Labute approximate surface area is 223 Å². The van der Waals surface area contributed by atoms with Gasteiger partial charge in [0.2, 0.25) is 0 Å². The Bertz CT molecular complexity index is 1150. The number of urea groups is 1. The summed E-state index contributed by atoms with van der Waals surface area (Å²) in [5.74, 6) is 0.145. The van der Waals surface area contributed by atoms with Crippen molar-refractivity contribution in [1.29, 1.82) is 0 Å². The molecule has 0 saturated carbocycles. The van der Waals surface area contributed by atoms with E-state index >= 15 is 0 Å². The van der Waals surface area contributed by atoms with Crippen LogP contribution in [0.1, 0.15) is 39.2 Å². The van der Waals surface area contributed by atoms with Gasteiger partial charge in [0.15, 0.2) is 0 Å². The highest BCUT2D eigenvalue weighted by atomic mass is 35.5. The molecule has 8 nitrogen and oxygen atoms in total. The third-order valence-electron chi connectivity index (χ3n) is 5.98. The molecule has 36 heavy (non-hydrogen) atoms. The van der Waals surface area contributed by atoms with E-state index in [1.165, 1.54) is 18.2 Å².